The van der Waals surface area contributed by atoms with Gasteiger partial charge < -0.3 is 20.3 Å². The van der Waals surface area contributed by atoms with E-state index in [0.29, 0.717) is 16.6 Å². The number of halogens is 3. The number of nitrogens with one attached hydrogen (secondary N) is 2. The van der Waals surface area contributed by atoms with Crippen LogP contribution in [-0.2, 0) is 13.2 Å². The summed E-state index contributed by atoms with van der Waals surface area (Å²) in [6.07, 6.45) is -1.74. The Balaban J connectivity index is 1.69. The van der Waals surface area contributed by atoms with Crippen molar-refractivity contribution in [3.8, 4) is 0 Å². The molecule has 180 valence electrons. The monoisotopic (exact) mass is 483 g/mol. The highest BCUT2D eigenvalue weighted by Crippen LogP contribution is 2.35. The van der Waals surface area contributed by atoms with Crippen LogP contribution in [0.2, 0.25) is 0 Å². The van der Waals surface area contributed by atoms with Gasteiger partial charge in [-0.2, -0.15) is 13.2 Å². The summed E-state index contributed by atoms with van der Waals surface area (Å²) in [7, 11) is 1.62. The van der Waals surface area contributed by atoms with E-state index < -0.39 is 29.7 Å². The third kappa shape index (κ3) is 4.79. The van der Waals surface area contributed by atoms with Crippen LogP contribution in [0.25, 0.3) is 11.0 Å². The normalized spacial score (nSPS) is 12.4. The number of anilines is 2. The summed E-state index contributed by atoms with van der Waals surface area (Å²) in [5.41, 5.74) is 0.922. The second kappa shape index (κ2) is 9.09. The molecule has 0 aliphatic heterocycles. The standard InChI is InChI=1S/C24H20F3N5O3/c1-13(14-6-8-15(9-7-14)23(34)35)30-22(33)20-19(18-11-28-12-29-21(18)32(20)2)31-17-5-3-4-16(10-17)24(25,26)27/h3-13,31H,1-2H3,(H,30,33)(H,34,35)/t13-/m0/s1. The maximum atomic E-state index is 13.3. The first-order valence-electron chi connectivity index (χ1n) is 10.4. The molecule has 1 amide bonds. The van der Waals surface area contributed by atoms with Gasteiger partial charge in [-0.1, -0.05) is 18.2 Å². The Bertz CT molecular complexity index is 1410. The number of benzene rings is 2. The summed E-state index contributed by atoms with van der Waals surface area (Å²) in [5.74, 6) is -1.56. The lowest BCUT2D eigenvalue weighted by Gasteiger charge is -2.17. The van der Waals surface area contributed by atoms with Crippen LogP contribution < -0.4 is 10.6 Å². The summed E-state index contributed by atoms with van der Waals surface area (Å²) in [6, 6.07) is 10.2. The van der Waals surface area contributed by atoms with Crippen molar-refractivity contribution in [2.45, 2.75) is 19.1 Å². The molecule has 3 N–H and O–H groups in total. The summed E-state index contributed by atoms with van der Waals surface area (Å²) in [4.78, 5) is 32.6. The first-order chi connectivity index (χ1) is 16.6. The van der Waals surface area contributed by atoms with E-state index in [1.165, 1.54) is 41.4 Å². The van der Waals surface area contributed by atoms with Crippen molar-refractivity contribution < 1.29 is 27.9 Å². The van der Waals surface area contributed by atoms with Crippen LogP contribution in [0.3, 0.4) is 0 Å². The van der Waals surface area contributed by atoms with Crippen LogP contribution in [0.1, 0.15) is 44.9 Å². The molecule has 0 radical (unpaired) electrons. The Kier molecular flexibility index (Phi) is 6.16. The van der Waals surface area contributed by atoms with Gasteiger partial charge in [0.15, 0.2) is 0 Å². The van der Waals surface area contributed by atoms with E-state index in [1.54, 1.807) is 26.1 Å². The molecule has 0 spiro atoms. The lowest BCUT2D eigenvalue weighted by molar-refractivity contribution is -0.137. The summed E-state index contributed by atoms with van der Waals surface area (Å²) in [6.45, 7) is 1.73. The van der Waals surface area contributed by atoms with E-state index in [4.69, 9.17) is 5.11 Å². The molecule has 2 aromatic carbocycles. The van der Waals surface area contributed by atoms with Crippen molar-refractivity contribution in [1.82, 2.24) is 19.9 Å². The van der Waals surface area contributed by atoms with Crippen molar-refractivity contribution in [2.24, 2.45) is 7.05 Å². The molecule has 4 rings (SSSR count). The summed E-state index contributed by atoms with van der Waals surface area (Å²) >= 11 is 0. The molecule has 4 aromatic rings. The first-order valence-corrected chi connectivity index (χ1v) is 10.4. The van der Waals surface area contributed by atoms with E-state index in [2.05, 4.69) is 20.6 Å². The lowest BCUT2D eigenvalue weighted by atomic mass is 10.1. The Morgan fingerprint density at radius 2 is 1.83 bits per heavy atom. The summed E-state index contributed by atoms with van der Waals surface area (Å²) < 4.78 is 41.1. The van der Waals surface area contributed by atoms with Crippen molar-refractivity contribution in [1.29, 1.82) is 0 Å². The first kappa shape index (κ1) is 23.7. The van der Waals surface area contributed by atoms with Gasteiger partial charge in [0.05, 0.1) is 28.2 Å². The van der Waals surface area contributed by atoms with Crippen molar-refractivity contribution in [2.75, 3.05) is 5.32 Å². The second-order valence-electron chi connectivity index (χ2n) is 7.87. The molecular formula is C24H20F3N5O3. The Morgan fingerprint density at radius 1 is 1.11 bits per heavy atom. The fraction of sp³-hybridized carbons (Fsp3) is 0.167. The Labute approximate surface area is 197 Å². The highest BCUT2D eigenvalue weighted by Gasteiger charge is 2.31. The smallest absolute Gasteiger partial charge is 0.416 e. The number of alkyl halides is 3. The zero-order chi connectivity index (χ0) is 25.3. The highest BCUT2D eigenvalue weighted by molar-refractivity contribution is 6.08. The molecule has 0 unspecified atom stereocenters. The second-order valence-corrected chi connectivity index (χ2v) is 7.87. The average molecular weight is 483 g/mol. The minimum Gasteiger partial charge on any atom is -0.478 e. The van der Waals surface area contributed by atoms with Gasteiger partial charge in [0.1, 0.15) is 17.7 Å². The quantitative estimate of drug-likeness (QED) is 0.359. The average Bonchev–Trinajstić information content (AvgIpc) is 3.10. The zero-order valence-electron chi connectivity index (χ0n) is 18.6. The Morgan fingerprint density at radius 3 is 2.49 bits per heavy atom. The van der Waals surface area contributed by atoms with E-state index in [9.17, 15) is 22.8 Å². The molecule has 11 heteroatoms. The van der Waals surface area contributed by atoms with Gasteiger partial charge in [0.25, 0.3) is 5.91 Å². The van der Waals surface area contributed by atoms with Crippen molar-refractivity contribution >= 4 is 34.3 Å². The molecule has 0 aliphatic carbocycles. The number of hydrogen-bond donors (Lipinski definition) is 3. The molecule has 2 aromatic heterocycles. The van der Waals surface area contributed by atoms with Gasteiger partial charge in [-0.15, -0.1) is 0 Å². The third-order valence-electron chi connectivity index (χ3n) is 5.53. The van der Waals surface area contributed by atoms with Crippen molar-refractivity contribution in [3.63, 3.8) is 0 Å². The number of hydrogen-bond acceptors (Lipinski definition) is 5. The van der Waals surface area contributed by atoms with Crippen LogP contribution >= 0.6 is 0 Å². The molecule has 1 atom stereocenters. The molecular weight excluding hydrogens is 463 g/mol. The number of carbonyl (C=O) groups excluding carboxylic acids is 1. The van der Waals surface area contributed by atoms with Gasteiger partial charge in [-0.25, -0.2) is 14.8 Å². The number of aromatic carboxylic acids is 1. The molecule has 2 heterocycles. The zero-order valence-corrected chi connectivity index (χ0v) is 18.6. The van der Waals surface area contributed by atoms with Crippen LogP contribution in [-0.4, -0.2) is 31.5 Å². The predicted molar refractivity (Wildman–Crippen MR) is 123 cm³/mol. The number of fused-ring (bicyclic) bond motifs is 1. The summed E-state index contributed by atoms with van der Waals surface area (Å²) in [5, 5.41) is 15.3. The maximum Gasteiger partial charge on any atom is 0.416 e. The van der Waals surface area contributed by atoms with E-state index >= 15 is 0 Å². The number of carboxylic acid groups (broad SMARTS) is 1. The molecule has 0 fully saturated rings. The molecule has 35 heavy (non-hydrogen) atoms. The van der Waals surface area contributed by atoms with Crippen LogP contribution in [0.5, 0.6) is 0 Å². The molecule has 0 aliphatic rings. The molecule has 0 saturated heterocycles. The fourth-order valence-corrected chi connectivity index (χ4v) is 3.74. The topological polar surface area (TPSA) is 109 Å². The van der Waals surface area contributed by atoms with E-state index in [-0.39, 0.29) is 22.6 Å². The number of carbonyl (C=O) groups is 2. The SMILES string of the molecule is C[C@H](NC(=O)c1c(Nc2cccc(C(F)(F)F)c2)c2cncnc2n1C)c1ccc(C(=O)O)cc1. The van der Waals surface area contributed by atoms with Gasteiger partial charge in [-0.05, 0) is 42.8 Å². The third-order valence-corrected chi connectivity index (χ3v) is 5.53. The number of aromatic nitrogens is 3. The number of amides is 1. The molecule has 0 saturated carbocycles. The van der Waals surface area contributed by atoms with Gasteiger partial charge >= 0.3 is 12.1 Å². The highest BCUT2D eigenvalue weighted by atomic mass is 19.4. The van der Waals surface area contributed by atoms with Gasteiger partial charge in [-0.3, -0.25) is 4.79 Å². The van der Waals surface area contributed by atoms with E-state index in [0.717, 1.165) is 12.1 Å². The van der Waals surface area contributed by atoms with Crippen LogP contribution in [0, 0.1) is 0 Å². The largest absolute Gasteiger partial charge is 0.478 e. The number of aryl methyl sites for hydroxylation is 1. The number of carboxylic acids is 1. The van der Waals surface area contributed by atoms with Crippen LogP contribution in [0.4, 0.5) is 24.5 Å². The van der Waals surface area contributed by atoms with Crippen molar-refractivity contribution in [3.05, 3.63) is 83.4 Å². The molecule has 8 nitrogen and oxygen atoms in total. The maximum absolute atomic E-state index is 13.3. The predicted octanol–water partition coefficient (Wildman–Crippen LogP) is 4.92. The van der Waals surface area contributed by atoms with Crippen LogP contribution in [0.15, 0.2) is 61.1 Å². The minimum atomic E-state index is -4.52. The minimum absolute atomic E-state index is 0.118. The number of rotatable bonds is 6. The lowest BCUT2D eigenvalue weighted by Crippen LogP contribution is -2.29. The fourth-order valence-electron chi connectivity index (χ4n) is 3.74. The molecule has 0 bridgehead atoms. The number of nitrogens with zero attached hydrogens (tertiary/aromatic N) is 3. The van der Waals surface area contributed by atoms with Gasteiger partial charge in [0.2, 0.25) is 0 Å². The van der Waals surface area contributed by atoms with E-state index in [1.807, 2.05) is 0 Å². The Hall–Kier alpha value is -4.41. The van der Waals surface area contributed by atoms with Gasteiger partial charge in [0, 0.05) is 18.9 Å².